The zero-order chi connectivity index (χ0) is 20.9. The summed E-state index contributed by atoms with van der Waals surface area (Å²) in [7, 11) is 1.58. The number of nitrogens with one attached hydrogen (secondary N) is 3. The summed E-state index contributed by atoms with van der Waals surface area (Å²) in [5, 5.41) is 10.3. The minimum atomic E-state index is -4.44. The molecule has 0 spiro atoms. The quantitative estimate of drug-likeness (QED) is 0.486. The second kappa shape index (κ2) is 9.25. The van der Waals surface area contributed by atoms with E-state index in [4.69, 9.17) is 0 Å². The smallest absolute Gasteiger partial charge is 0.352 e. The van der Waals surface area contributed by atoms with E-state index in [1.54, 1.807) is 7.05 Å². The van der Waals surface area contributed by atoms with Gasteiger partial charge in [-0.3, -0.25) is 9.79 Å². The number of alkyl halides is 3. The molecule has 10 heteroatoms. The minimum Gasteiger partial charge on any atom is -0.352 e. The maximum absolute atomic E-state index is 12.6. The Labute approximate surface area is 170 Å². The summed E-state index contributed by atoms with van der Waals surface area (Å²) >= 11 is 0.943. The van der Waals surface area contributed by atoms with Gasteiger partial charge in [0.15, 0.2) is 11.7 Å². The first kappa shape index (κ1) is 21.1. The summed E-state index contributed by atoms with van der Waals surface area (Å²) in [5.41, 5.74) is 0.794. The van der Waals surface area contributed by atoms with Crippen LogP contribution in [-0.4, -0.2) is 23.9 Å². The van der Waals surface area contributed by atoms with Gasteiger partial charge in [-0.25, -0.2) is 4.98 Å². The van der Waals surface area contributed by atoms with Crippen molar-refractivity contribution in [3.63, 3.8) is 0 Å². The van der Waals surface area contributed by atoms with Gasteiger partial charge in [0.2, 0.25) is 5.91 Å². The molecule has 0 aliphatic heterocycles. The molecule has 1 aliphatic carbocycles. The van der Waals surface area contributed by atoms with Crippen molar-refractivity contribution in [2.45, 2.75) is 38.5 Å². The molecule has 156 valence electrons. The Morgan fingerprint density at radius 2 is 2.03 bits per heavy atom. The van der Waals surface area contributed by atoms with E-state index in [0.717, 1.165) is 47.2 Å². The predicted molar refractivity (Wildman–Crippen MR) is 107 cm³/mol. The number of hydrogen-bond acceptors (Lipinski definition) is 4. The highest BCUT2D eigenvalue weighted by atomic mass is 32.1. The van der Waals surface area contributed by atoms with Crippen LogP contribution >= 0.6 is 11.3 Å². The number of aliphatic imine (C=N–C) groups is 1. The van der Waals surface area contributed by atoms with Crippen LogP contribution in [0.25, 0.3) is 0 Å². The minimum absolute atomic E-state index is 0.0560. The second-order valence-electron chi connectivity index (χ2n) is 6.72. The first-order chi connectivity index (χ1) is 13.8. The van der Waals surface area contributed by atoms with Crippen molar-refractivity contribution in [1.82, 2.24) is 15.6 Å². The van der Waals surface area contributed by atoms with Crippen LogP contribution in [0.4, 0.5) is 18.9 Å². The molecule has 1 saturated carbocycles. The standard InChI is InChI=1S/C19H22F3N5OS/c1-23-18(25-10-16-27-15(11-29-16)19(20,21)22)24-9-12-4-2-7-14(8-12)26-17(28)13-5-3-6-13/h2,4,7-8,11,13H,3,5-6,9-10H2,1H3,(H,26,28)(H2,23,24,25). The van der Waals surface area contributed by atoms with Crippen LogP contribution in [0.3, 0.4) is 0 Å². The average molecular weight is 425 g/mol. The molecule has 0 atom stereocenters. The normalized spacial score (nSPS) is 15.0. The van der Waals surface area contributed by atoms with Gasteiger partial charge in [0, 0.05) is 30.6 Å². The van der Waals surface area contributed by atoms with Crippen LogP contribution in [-0.2, 0) is 24.1 Å². The lowest BCUT2D eigenvalue weighted by Gasteiger charge is -2.24. The van der Waals surface area contributed by atoms with Gasteiger partial charge < -0.3 is 16.0 Å². The van der Waals surface area contributed by atoms with Crippen molar-refractivity contribution < 1.29 is 18.0 Å². The lowest BCUT2D eigenvalue weighted by Crippen LogP contribution is -2.36. The molecular weight excluding hydrogens is 403 g/mol. The summed E-state index contributed by atoms with van der Waals surface area (Å²) in [5.74, 6) is 0.613. The highest BCUT2D eigenvalue weighted by Gasteiger charge is 2.33. The van der Waals surface area contributed by atoms with Crippen LogP contribution in [0.1, 0.15) is 35.5 Å². The summed E-state index contributed by atoms with van der Waals surface area (Å²) in [6.45, 7) is 0.580. The van der Waals surface area contributed by atoms with Crippen molar-refractivity contribution in [1.29, 1.82) is 0 Å². The summed E-state index contributed by atoms with van der Waals surface area (Å²) in [6, 6.07) is 7.49. The molecular formula is C19H22F3N5OS. The highest BCUT2D eigenvalue weighted by molar-refractivity contribution is 7.09. The Morgan fingerprint density at radius 1 is 1.28 bits per heavy atom. The van der Waals surface area contributed by atoms with E-state index in [1.807, 2.05) is 24.3 Å². The molecule has 1 aromatic carbocycles. The maximum atomic E-state index is 12.6. The van der Waals surface area contributed by atoms with E-state index in [0.29, 0.717) is 17.5 Å². The third kappa shape index (κ3) is 5.93. The van der Waals surface area contributed by atoms with E-state index in [1.165, 1.54) is 0 Å². The fourth-order valence-electron chi connectivity index (χ4n) is 2.76. The van der Waals surface area contributed by atoms with Gasteiger partial charge in [-0.05, 0) is 30.5 Å². The molecule has 1 amide bonds. The fourth-order valence-corrected chi connectivity index (χ4v) is 3.50. The number of benzene rings is 1. The molecule has 29 heavy (non-hydrogen) atoms. The third-order valence-electron chi connectivity index (χ3n) is 4.60. The molecule has 2 aromatic rings. The van der Waals surface area contributed by atoms with E-state index in [-0.39, 0.29) is 18.4 Å². The summed E-state index contributed by atoms with van der Waals surface area (Å²) in [6.07, 6.45) is -1.45. The summed E-state index contributed by atoms with van der Waals surface area (Å²) < 4.78 is 37.8. The van der Waals surface area contributed by atoms with Crippen molar-refractivity contribution in [3.05, 3.63) is 45.9 Å². The van der Waals surface area contributed by atoms with Gasteiger partial charge in [0.25, 0.3) is 0 Å². The molecule has 1 aliphatic rings. The van der Waals surface area contributed by atoms with Gasteiger partial charge in [0.05, 0.1) is 6.54 Å². The van der Waals surface area contributed by atoms with Crippen LogP contribution in [0.15, 0.2) is 34.6 Å². The number of halogens is 3. The molecule has 6 nitrogen and oxygen atoms in total. The number of hydrogen-bond donors (Lipinski definition) is 3. The monoisotopic (exact) mass is 425 g/mol. The Bertz CT molecular complexity index is 877. The molecule has 0 bridgehead atoms. The van der Waals surface area contributed by atoms with Crippen molar-refractivity contribution in [2.75, 3.05) is 12.4 Å². The van der Waals surface area contributed by atoms with E-state index in [2.05, 4.69) is 25.9 Å². The Kier molecular flexibility index (Phi) is 6.73. The number of aromatic nitrogens is 1. The fraction of sp³-hybridized carbons (Fsp3) is 0.421. The Hall–Kier alpha value is -2.62. The van der Waals surface area contributed by atoms with Crippen LogP contribution in [0, 0.1) is 5.92 Å². The Balaban J connectivity index is 1.49. The number of guanidine groups is 1. The SMILES string of the molecule is CN=C(NCc1cccc(NC(=O)C2CCC2)c1)NCc1nc(C(F)(F)F)cs1. The predicted octanol–water partition coefficient (Wildman–Crippen LogP) is 3.77. The van der Waals surface area contributed by atoms with E-state index >= 15 is 0 Å². The van der Waals surface area contributed by atoms with Gasteiger partial charge in [-0.2, -0.15) is 13.2 Å². The molecule has 1 heterocycles. The van der Waals surface area contributed by atoms with Crippen molar-refractivity contribution in [3.8, 4) is 0 Å². The molecule has 0 unspecified atom stereocenters. The number of rotatable bonds is 6. The molecule has 1 fully saturated rings. The van der Waals surface area contributed by atoms with Gasteiger partial charge >= 0.3 is 6.18 Å². The molecule has 0 saturated heterocycles. The Morgan fingerprint density at radius 3 is 2.66 bits per heavy atom. The van der Waals surface area contributed by atoms with Gasteiger partial charge in [-0.15, -0.1) is 11.3 Å². The van der Waals surface area contributed by atoms with Crippen LogP contribution in [0.5, 0.6) is 0 Å². The number of amides is 1. The third-order valence-corrected chi connectivity index (χ3v) is 5.45. The highest BCUT2D eigenvalue weighted by Crippen LogP contribution is 2.30. The topological polar surface area (TPSA) is 78.4 Å². The number of thiazole rings is 1. The lowest BCUT2D eigenvalue weighted by molar-refractivity contribution is -0.140. The molecule has 0 radical (unpaired) electrons. The van der Waals surface area contributed by atoms with Crippen LogP contribution in [0.2, 0.25) is 0 Å². The molecule has 3 rings (SSSR count). The zero-order valence-corrected chi connectivity index (χ0v) is 16.7. The largest absolute Gasteiger partial charge is 0.434 e. The van der Waals surface area contributed by atoms with E-state index < -0.39 is 11.9 Å². The summed E-state index contributed by atoms with van der Waals surface area (Å²) in [4.78, 5) is 19.7. The molecule has 3 N–H and O–H groups in total. The van der Waals surface area contributed by atoms with Gasteiger partial charge in [-0.1, -0.05) is 18.6 Å². The second-order valence-corrected chi connectivity index (χ2v) is 7.66. The average Bonchev–Trinajstić information content (AvgIpc) is 3.10. The number of carbonyl (C=O) groups excluding carboxylic acids is 1. The number of carbonyl (C=O) groups is 1. The number of anilines is 1. The first-order valence-corrected chi connectivity index (χ1v) is 10.1. The maximum Gasteiger partial charge on any atom is 0.434 e. The lowest BCUT2D eigenvalue weighted by atomic mass is 9.85. The molecule has 1 aromatic heterocycles. The van der Waals surface area contributed by atoms with Crippen LogP contribution < -0.4 is 16.0 Å². The first-order valence-electron chi connectivity index (χ1n) is 9.21. The number of nitrogens with zero attached hydrogens (tertiary/aromatic N) is 2. The van der Waals surface area contributed by atoms with E-state index in [9.17, 15) is 18.0 Å². The van der Waals surface area contributed by atoms with Crippen molar-refractivity contribution in [2.24, 2.45) is 10.9 Å². The van der Waals surface area contributed by atoms with Crippen molar-refractivity contribution >= 4 is 28.9 Å². The van der Waals surface area contributed by atoms with Gasteiger partial charge in [0.1, 0.15) is 5.01 Å². The zero-order valence-electron chi connectivity index (χ0n) is 15.8.